The van der Waals surface area contributed by atoms with Crippen LogP contribution >= 0.6 is 19.6 Å². The highest BCUT2D eigenvalue weighted by Crippen LogP contribution is 2.35. The van der Waals surface area contributed by atoms with Crippen LogP contribution in [0, 0.1) is 0 Å². The monoisotopic (exact) mass is 270 g/mol. The fourth-order valence-corrected chi connectivity index (χ4v) is 2.61. The van der Waals surface area contributed by atoms with E-state index >= 15 is 0 Å². The summed E-state index contributed by atoms with van der Waals surface area (Å²) in [4.78, 5) is 16.8. The molecule has 0 amide bonds. The molecular formula is C10H23O4PS. The first-order chi connectivity index (χ1) is 7.56. The van der Waals surface area contributed by atoms with Crippen LogP contribution in [0.15, 0.2) is 0 Å². The molecule has 0 unspecified atom stereocenters. The van der Waals surface area contributed by atoms with Crippen molar-refractivity contribution in [3.8, 4) is 0 Å². The molecule has 0 fully saturated rings. The Labute approximate surface area is 102 Å². The van der Waals surface area contributed by atoms with E-state index in [0.717, 1.165) is 12.2 Å². The van der Waals surface area contributed by atoms with E-state index in [2.05, 4.69) is 11.4 Å². The van der Waals surface area contributed by atoms with E-state index in [1.807, 2.05) is 11.8 Å². The lowest BCUT2D eigenvalue weighted by Gasteiger charge is -2.04. The van der Waals surface area contributed by atoms with Crippen LogP contribution in [0.5, 0.6) is 0 Å². The molecule has 0 rings (SSSR count). The zero-order chi connectivity index (χ0) is 12.3. The van der Waals surface area contributed by atoms with Gasteiger partial charge in [-0.2, -0.15) is 11.8 Å². The third kappa shape index (κ3) is 14.5. The first kappa shape index (κ1) is 16.5. The number of rotatable bonds is 11. The van der Waals surface area contributed by atoms with Gasteiger partial charge in [-0.1, -0.05) is 26.2 Å². The normalized spacial score (nSPS) is 11.9. The number of thioether (sulfide) groups is 1. The molecule has 0 aliphatic carbocycles. The number of phosphoric acid groups is 1. The third-order valence-electron chi connectivity index (χ3n) is 2.08. The molecule has 0 saturated heterocycles. The topological polar surface area (TPSA) is 66.8 Å². The third-order valence-corrected chi connectivity index (χ3v) is 3.76. The summed E-state index contributed by atoms with van der Waals surface area (Å²) < 4.78 is 14.7. The molecular weight excluding hydrogens is 247 g/mol. The molecule has 2 N–H and O–H groups in total. The average Bonchev–Trinajstić information content (AvgIpc) is 2.19. The summed E-state index contributed by atoms with van der Waals surface area (Å²) >= 11 is 1.91. The minimum atomic E-state index is -4.25. The maximum Gasteiger partial charge on any atom is 0.469 e. The molecule has 0 heterocycles. The molecule has 0 atom stereocenters. The lowest BCUT2D eigenvalue weighted by atomic mass is 10.2. The van der Waals surface area contributed by atoms with Crippen molar-refractivity contribution < 1.29 is 18.9 Å². The quantitative estimate of drug-likeness (QED) is 0.446. The molecule has 0 aromatic heterocycles. The smallest absolute Gasteiger partial charge is 0.303 e. The van der Waals surface area contributed by atoms with Gasteiger partial charge in [0.05, 0.1) is 6.61 Å². The van der Waals surface area contributed by atoms with Gasteiger partial charge in [0.25, 0.3) is 0 Å². The Morgan fingerprint density at radius 3 is 2.25 bits per heavy atom. The van der Waals surface area contributed by atoms with Gasteiger partial charge in [0.2, 0.25) is 0 Å². The van der Waals surface area contributed by atoms with Gasteiger partial charge < -0.3 is 9.79 Å². The minimum Gasteiger partial charge on any atom is -0.303 e. The molecule has 4 nitrogen and oxygen atoms in total. The van der Waals surface area contributed by atoms with Crippen molar-refractivity contribution in [3.63, 3.8) is 0 Å². The Balaban J connectivity index is 3.02. The van der Waals surface area contributed by atoms with Crippen LogP contribution < -0.4 is 0 Å². The van der Waals surface area contributed by atoms with Crippen LogP contribution in [0.25, 0.3) is 0 Å². The first-order valence-corrected chi connectivity index (χ1v) is 8.52. The summed E-state index contributed by atoms with van der Waals surface area (Å²) in [5.74, 6) is 2.25. The fourth-order valence-electron chi connectivity index (χ4n) is 1.22. The van der Waals surface area contributed by atoms with Crippen molar-refractivity contribution in [2.45, 2.75) is 45.4 Å². The molecule has 98 valence electrons. The second-order valence-electron chi connectivity index (χ2n) is 3.70. The van der Waals surface area contributed by atoms with Crippen LogP contribution in [0.1, 0.15) is 45.4 Å². The van der Waals surface area contributed by atoms with Crippen LogP contribution in [0.3, 0.4) is 0 Å². The molecule has 0 bridgehead atoms. The van der Waals surface area contributed by atoms with Gasteiger partial charge in [0, 0.05) is 0 Å². The summed E-state index contributed by atoms with van der Waals surface area (Å²) in [6.07, 6.45) is 6.84. The molecule has 0 spiro atoms. The molecule has 0 aliphatic heterocycles. The van der Waals surface area contributed by atoms with Crippen molar-refractivity contribution in [2.24, 2.45) is 0 Å². The second-order valence-corrected chi connectivity index (χ2v) is 6.17. The molecule has 0 radical (unpaired) electrons. The van der Waals surface area contributed by atoms with Crippen molar-refractivity contribution in [1.82, 2.24) is 0 Å². The van der Waals surface area contributed by atoms with Gasteiger partial charge in [-0.3, -0.25) is 4.52 Å². The second kappa shape index (κ2) is 10.6. The van der Waals surface area contributed by atoms with Crippen LogP contribution in [-0.4, -0.2) is 27.9 Å². The van der Waals surface area contributed by atoms with Gasteiger partial charge in [-0.15, -0.1) is 0 Å². The highest BCUT2D eigenvalue weighted by atomic mass is 32.2. The Bertz CT molecular complexity index is 195. The lowest BCUT2D eigenvalue weighted by Crippen LogP contribution is -1.93. The molecule has 0 aromatic rings. The van der Waals surface area contributed by atoms with Crippen molar-refractivity contribution in [1.29, 1.82) is 0 Å². The zero-order valence-electron chi connectivity index (χ0n) is 9.93. The molecule has 0 aromatic carbocycles. The van der Waals surface area contributed by atoms with Crippen LogP contribution in [0.2, 0.25) is 0 Å². The predicted octanol–water partition coefficient (Wildman–Crippen LogP) is 3.19. The van der Waals surface area contributed by atoms with Gasteiger partial charge in [-0.25, -0.2) is 4.57 Å². The van der Waals surface area contributed by atoms with Crippen LogP contribution in [-0.2, 0) is 9.09 Å². The average molecular weight is 270 g/mol. The maximum atomic E-state index is 10.3. The van der Waals surface area contributed by atoms with Crippen molar-refractivity contribution in [3.05, 3.63) is 0 Å². The van der Waals surface area contributed by atoms with E-state index in [1.54, 1.807) is 0 Å². The summed E-state index contributed by atoms with van der Waals surface area (Å²) in [7, 11) is -4.25. The van der Waals surface area contributed by atoms with Gasteiger partial charge in [0.1, 0.15) is 0 Å². The predicted molar refractivity (Wildman–Crippen MR) is 68.7 cm³/mol. The number of hydrogen-bond donors (Lipinski definition) is 2. The lowest BCUT2D eigenvalue weighted by molar-refractivity contribution is 0.195. The summed E-state index contributed by atoms with van der Waals surface area (Å²) in [5, 5.41) is 0. The Morgan fingerprint density at radius 2 is 1.69 bits per heavy atom. The van der Waals surface area contributed by atoms with E-state index < -0.39 is 7.82 Å². The van der Waals surface area contributed by atoms with E-state index in [-0.39, 0.29) is 6.61 Å². The van der Waals surface area contributed by atoms with Gasteiger partial charge >= 0.3 is 7.82 Å². The molecule has 6 heteroatoms. The van der Waals surface area contributed by atoms with Crippen molar-refractivity contribution >= 4 is 19.6 Å². The van der Waals surface area contributed by atoms with Gasteiger partial charge in [0.15, 0.2) is 0 Å². The van der Waals surface area contributed by atoms with Crippen molar-refractivity contribution in [2.75, 3.05) is 18.1 Å². The molecule has 0 aliphatic rings. The van der Waals surface area contributed by atoms with E-state index in [1.165, 1.54) is 31.4 Å². The summed E-state index contributed by atoms with van der Waals surface area (Å²) in [6.45, 7) is 2.36. The van der Waals surface area contributed by atoms with E-state index in [0.29, 0.717) is 6.42 Å². The minimum absolute atomic E-state index is 0.153. The van der Waals surface area contributed by atoms with Crippen LogP contribution in [0.4, 0.5) is 0 Å². The molecule has 0 saturated carbocycles. The fraction of sp³-hybridized carbons (Fsp3) is 1.00. The Kier molecular flexibility index (Phi) is 10.9. The highest BCUT2D eigenvalue weighted by Gasteiger charge is 2.12. The largest absolute Gasteiger partial charge is 0.469 e. The SMILES string of the molecule is CCCCCCSCCCCOP(=O)(O)O. The van der Waals surface area contributed by atoms with E-state index in [9.17, 15) is 4.57 Å². The highest BCUT2D eigenvalue weighted by molar-refractivity contribution is 7.99. The number of hydrogen-bond acceptors (Lipinski definition) is 3. The first-order valence-electron chi connectivity index (χ1n) is 5.84. The Morgan fingerprint density at radius 1 is 1.06 bits per heavy atom. The van der Waals surface area contributed by atoms with E-state index in [4.69, 9.17) is 9.79 Å². The maximum absolute atomic E-state index is 10.3. The summed E-state index contributed by atoms with van der Waals surface area (Å²) in [6, 6.07) is 0. The number of phosphoric ester groups is 1. The zero-order valence-corrected chi connectivity index (χ0v) is 11.6. The number of unbranched alkanes of at least 4 members (excludes halogenated alkanes) is 4. The Hall–Kier alpha value is 0.460. The van der Waals surface area contributed by atoms with Gasteiger partial charge in [-0.05, 0) is 30.8 Å². The standard InChI is InChI=1S/C10H23O4PS/c1-2-3-4-6-9-16-10-7-5-8-14-15(11,12)13/h2-10H2,1H3,(H2,11,12,13). The summed E-state index contributed by atoms with van der Waals surface area (Å²) in [5.41, 5.74) is 0. The molecule has 16 heavy (non-hydrogen) atoms.